The SMILES string of the molecule is CCc1ccc(C(=O)COc2cccc(F)c2)s1. The Hall–Kier alpha value is -1.68. The van der Waals surface area contributed by atoms with Crippen molar-refractivity contribution in [2.45, 2.75) is 13.3 Å². The normalized spacial score (nSPS) is 10.3. The largest absolute Gasteiger partial charge is 0.485 e. The Balaban J connectivity index is 1.96. The molecule has 0 N–H and O–H groups in total. The molecular weight excluding hydrogens is 251 g/mol. The van der Waals surface area contributed by atoms with Crippen LogP contribution in [0.4, 0.5) is 4.39 Å². The first-order valence-corrected chi connectivity index (χ1v) is 6.51. The highest BCUT2D eigenvalue weighted by Gasteiger charge is 2.09. The molecule has 1 aromatic carbocycles. The highest BCUT2D eigenvalue weighted by atomic mass is 32.1. The van der Waals surface area contributed by atoms with Crippen LogP contribution in [-0.2, 0) is 6.42 Å². The van der Waals surface area contributed by atoms with E-state index in [9.17, 15) is 9.18 Å². The van der Waals surface area contributed by atoms with Crippen LogP contribution in [-0.4, -0.2) is 12.4 Å². The third-order valence-corrected chi connectivity index (χ3v) is 3.72. The average Bonchev–Trinajstić information content (AvgIpc) is 2.85. The number of ether oxygens (including phenoxy) is 1. The molecule has 1 aromatic heterocycles. The van der Waals surface area contributed by atoms with Crippen LogP contribution in [0.2, 0.25) is 0 Å². The van der Waals surface area contributed by atoms with Crippen LogP contribution in [0, 0.1) is 5.82 Å². The predicted octanol–water partition coefficient (Wildman–Crippen LogP) is 3.71. The smallest absolute Gasteiger partial charge is 0.210 e. The van der Waals surface area contributed by atoms with Crippen LogP contribution >= 0.6 is 11.3 Å². The highest BCUT2D eigenvalue weighted by Crippen LogP contribution is 2.18. The van der Waals surface area contributed by atoms with E-state index in [1.807, 2.05) is 13.0 Å². The molecule has 0 bridgehead atoms. The molecule has 94 valence electrons. The maximum absolute atomic E-state index is 12.9. The number of rotatable bonds is 5. The van der Waals surface area contributed by atoms with Crippen molar-refractivity contribution < 1.29 is 13.9 Å². The summed E-state index contributed by atoms with van der Waals surface area (Å²) in [7, 11) is 0. The summed E-state index contributed by atoms with van der Waals surface area (Å²) in [4.78, 5) is 13.7. The number of benzene rings is 1. The van der Waals surface area contributed by atoms with E-state index in [0.717, 1.165) is 6.42 Å². The molecular formula is C14H13FO2S. The van der Waals surface area contributed by atoms with E-state index in [2.05, 4.69) is 0 Å². The average molecular weight is 264 g/mol. The molecule has 4 heteroatoms. The van der Waals surface area contributed by atoms with Gasteiger partial charge in [0.25, 0.3) is 0 Å². The zero-order chi connectivity index (χ0) is 13.0. The monoisotopic (exact) mass is 264 g/mol. The van der Waals surface area contributed by atoms with Crippen LogP contribution in [0.3, 0.4) is 0 Å². The predicted molar refractivity (Wildman–Crippen MR) is 69.9 cm³/mol. The summed E-state index contributed by atoms with van der Waals surface area (Å²) < 4.78 is 18.2. The van der Waals surface area contributed by atoms with Crippen LogP contribution in [0.15, 0.2) is 36.4 Å². The second-order valence-electron chi connectivity index (χ2n) is 3.79. The number of ketones is 1. The van der Waals surface area contributed by atoms with E-state index in [4.69, 9.17) is 4.74 Å². The highest BCUT2D eigenvalue weighted by molar-refractivity contribution is 7.14. The van der Waals surface area contributed by atoms with Crippen molar-refractivity contribution in [1.82, 2.24) is 0 Å². The molecule has 0 fully saturated rings. The van der Waals surface area contributed by atoms with E-state index in [-0.39, 0.29) is 18.2 Å². The maximum atomic E-state index is 12.9. The first-order valence-electron chi connectivity index (χ1n) is 5.69. The molecule has 0 spiro atoms. The van der Waals surface area contributed by atoms with Gasteiger partial charge in [0.2, 0.25) is 5.78 Å². The minimum atomic E-state index is -0.371. The summed E-state index contributed by atoms with van der Waals surface area (Å²) in [5.74, 6) is -0.0797. The molecule has 0 aliphatic carbocycles. The molecule has 0 unspecified atom stereocenters. The third kappa shape index (κ3) is 3.17. The van der Waals surface area contributed by atoms with Crippen LogP contribution in [0.5, 0.6) is 5.75 Å². The van der Waals surface area contributed by atoms with E-state index in [0.29, 0.717) is 10.6 Å². The number of Topliss-reactive ketones (excluding diaryl/α,β-unsaturated/α-hetero) is 1. The lowest BCUT2D eigenvalue weighted by Gasteiger charge is -2.04. The van der Waals surface area contributed by atoms with Gasteiger partial charge in [0, 0.05) is 10.9 Å². The molecule has 2 nitrogen and oxygen atoms in total. The van der Waals surface area contributed by atoms with Crippen LogP contribution in [0.1, 0.15) is 21.5 Å². The number of hydrogen-bond donors (Lipinski definition) is 0. The minimum absolute atomic E-state index is 0.0624. The number of hydrogen-bond acceptors (Lipinski definition) is 3. The first-order chi connectivity index (χ1) is 8.69. The van der Waals surface area contributed by atoms with Crippen LogP contribution in [0.25, 0.3) is 0 Å². The molecule has 0 aliphatic rings. The summed E-state index contributed by atoms with van der Waals surface area (Å²) in [5.41, 5.74) is 0. The second-order valence-corrected chi connectivity index (χ2v) is 4.96. The second kappa shape index (κ2) is 5.78. The van der Waals surface area contributed by atoms with Gasteiger partial charge >= 0.3 is 0 Å². The fourth-order valence-corrected chi connectivity index (χ4v) is 2.37. The zero-order valence-corrected chi connectivity index (χ0v) is 10.8. The Bertz CT molecular complexity index is 548. The Morgan fingerprint density at radius 1 is 1.33 bits per heavy atom. The zero-order valence-electron chi connectivity index (χ0n) is 9.98. The van der Waals surface area contributed by atoms with Crippen molar-refractivity contribution in [2.75, 3.05) is 6.61 Å². The summed E-state index contributed by atoms with van der Waals surface area (Å²) >= 11 is 1.48. The summed E-state index contributed by atoms with van der Waals surface area (Å²) in [6.45, 7) is 1.98. The molecule has 0 atom stereocenters. The Kier molecular flexibility index (Phi) is 4.10. The summed E-state index contributed by atoms with van der Waals surface area (Å²) in [6, 6.07) is 9.53. The topological polar surface area (TPSA) is 26.3 Å². The maximum Gasteiger partial charge on any atom is 0.210 e. The molecule has 2 aromatic rings. The Morgan fingerprint density at radius 3 is 2.83 bits per heavy atom. The van der Waals surface area contributed by atoms with Gasteiger partial charge in [-0.05, 0) is 30.7 Å². The number of thiophene rings is 1. The minimum Gasteiger partial charge on any atom is -0.485 e. The standard InChI is InChI=1S/C14H13FO2S/c1-2-12-6-7-14(18-12)13(16)9-17-11-5-3-4-10(15)8-11/h3-8H,2,9H2,1H3. The fourth-order valence-electron chi connectivity index (χ4n) is 1.49. The van der Waals surface area contributed by atoms with Gasteiger partial charge in [-0.15, -0.1) is 11.3 Å². The lowest BCUT2D eigenvalue weighted by atomic mass is 10.3. The van der Waals surface area contributed by atoms with E-state index >= 15 is 0 Å². The van der Waals surface area contributed by atoms with Crippen LogP contribution < -0.4 is 4.74 Å². The molecule has 2 rings (SSSR count). The van der Waals surface area contributed by atoms with E-state index in [1.165, 1.54) is 28.3 Å². The molecule has 1 heterocycles. The summed E-state index contributed by atoms with van der Waals surface area (Å²) in [5, 5.41) is 0. The van der Waals surface area contributed by atoms with Crippen molar-refractivity contribution in [2.24, 2.45) is 0 Å². The van der Waals surface area contributed by atoms with Gasteiger partial charge in [-0.2, -0.15) is 0 Å². The van der Waals surface area contributed by atoms with Gasteiger partial charge in [-0.1, -0.05) is 13.0 Å². The fraction of sp³-hybridized carbons (Fsp3) is 0.214. The van der Waals surface area contributed by atoms with Crippen molar-refractivity contribution in [3.63, 3.8) is 0 Å². The van der Waals surface area contributed by atoms with Crippen molar-refractivity contribution >= 4 is 17.1 Å². The lowest BCUT2D eigenvalue weighted by molar-refractivity contribution is 0.0925. The molecule has 0 amide bonds. The number of halogens is 1. The van der Waals surface area contributed by atoms with Crippen molar-refractivity contribution in [3.8, 4) is 5.75 Å². The first kappa shape index (κ1) is 12.8. The molecule has 18 heavy (non-hydrogen) atoms. The Morgan fingerprint density at radius 2 is 2.17 bits per heavy atom. The number of carbonyl (C=O) groups excluding carboxylic acids is 1. The van der Waals surface area contributed by atoms with Gasteiger partial charge in [-0.25, -0.2) is 4.39 Å². The number of aryl methyl sites for hydroxylation is 1. The summed E-state index contributed by atoms with van der Waals surface area (Å²) in [6.07, 6.45) is 0.919. The van der Waals surface area contributed by atoms with E-state index < -0.39 is 0 Å². The third-order valence-electron chi connectivity index (χ3n) is 2.45. The van der Waals surface area contributed by atoms with Crippen molar-refractivity contribution in [3.05, 3.63) is 52.0 Å². The molecule has 0 aliphatic heterocycles. The molecule has 0 radical (unpaired) electrons. The van der Waals surface area contributed by atoms with Gasteiger partial charge in [0.1, 0.15) is 11.6 Å². The van der Waals surface area contributed by atoms with Crippen molar-refractivity contribution in [1.29, 1.82) is 0 Å². The lowest BCUT2D eigenvalue weighted by Crippen LogP contribution is -2.10. The molecule has 0 saturated heterocycles. The molecule has 0 saturated carbocycles. The van der Waals surface area contributed by atoms with Gasteiger partial charge in [0.05, 0.1) is 4.88 Å². The van der Waals surface area contributed by atoms with Gasteiger partial charge in [-0.3, -0.25) is 4.79 Å². The number of carbonyl (C=O) groups is 1. The Labute approximate surface area is 109 Å². The van der Waals surface area contributed by atoms with Gasteiger partial charge < -0.3 is 4.74 Å². The van der Waals surface area contributed by atoms with Gasteiger partial charge in [0.15, 0.2) is 6.61 Å². The quantitative estimate of drug-likeness (QED) is 0.769. The van der Waals surface area contributed by atoms with E-state index in [1.54, 1.807) is 18.2 Å².